The van der Waals surface area contributed by atoms with Gasteiger partial charge in [-0.15, -0.1) is 0 Å². The largest absolute Gasteiger partial charge is 0.396 e. The van der Waals surface area contributed by atoms with Crippen molar-refractivity contribution in [2.24, 2.45) is 5.92 Å². The molecule has 0 aromatic heterocycles. The third-order valence-electron chi connectivity index (χ3n) is 3.67. The number of nitrogens with zero attached hydrogens (tertiary/aromatic N) is 2. The van der Waals surface area contributed by atoms with Crippen LogP contribution in [-0.4, -0.2) is 40.5 Å². The van der Waals surface area contributed by atoms with Gasteiger partial charge in [-0.25, -0.2) is 0 Å². The van der Waals surface area contributed by atoms with Crippen molar-refractivity contribution >= 4 is 11.6 Å². The molecule has 108 valence electrons. The zero-order chi connectivity index (χ0) is 14.5. The number of piperidine rings is 1. The minimum absolute atomic E-state index is 0.0154. The van der Waals surface area contributed by atoms with E-state index in [0.717, 1.165) is 12.8 Å². The average molecular weight is 278 g/mol. The lowest BCUT2D eigenvalue weighted by Crippen LogP contribution is -2.40. The highest BCUT2D eigenvalue weighted by molar-refractivity contribution is 5.94. The number of non-ortho nitro benzene ring substituents is 1. The molecule has 1 aliphatic heterocycles. The maximum absolute atomic E-state index is 12.3. The predicted octanol–water partition coefficient (Wildman–Crippen LogP) is 1.83. The molecule has 1 heterocycles. The van der Waals surface area contributed by atoms with Crippen LogP contribution in [0.5, 0.6) is 0 Å². The normalized spacial score (nSPS) is 18.9. The van der Waals surface area contributed by atoms with Crippen molar-refractivity contribution in [2.75, 3.05) is 19.7 Å². The van der Waals surface area contributed by atoms with Crippen LogP contribution in [0.4, 0.5) is 5.69 Å². The van der Waals surface area contributed by atoms with Crippen molar-refractivity contribution in [1.82, 2.24) is 4.90 Å². The quantitative estimate of drug-likeness (QED) is 0.672. The monoisotopic (exact) mass is 278 g/mol. The number of amides is 1. The highest BCUT2D eigenvalue weighted by Crippen LogP contribution is 2.21. The molecule has 0 radical (unpaired) electrons. The van der Waals surface area contributed by atoms with E-state index in [9.17, 15) is 14.9 Å². The Bertz CT molecular complexity index is 484. The van der Waals surface area contributed by atoms with E-state index < -0.39 is 4.92 Å². The molecule has 1 amide bonds. The topological polar surface area (TPSA) is 83.7 Å². The molecule has 1 aromatic carbocycles. The van der Waals surface area contributed by atoms with Crippen molar-refractivity contribution in [3.05, 3.63) is 39.9 Å². The molecule has 1 atom stereocenters. The van der Waals surface area contributed by atoms with Crippen LogP contribution in [0.1, 0.15) is 29.6 Å². The first kappa shape index (κ1) is 14.5. The first-order chi connectivity index (χ1) is 9.61. The summed E-state index contributed by atoms with van der Waals surface area (Å²) in [5, 5.41) is 19.6. The molecule has 1 aliphatic rings. The molecule has 6 nitrogen and oxygen atoms in total. The molecule has 1 saturated heterocycles. The summed E-state index contributed by atoms with van der Waals surface area (Å²) in [5.74, 6) is 0.248. The van der Waals surface area contributed by atoms with Gasteiger partial charge in [0, 0.05) is 37.4 Å². The summed E-state index contributed by atoms with van der Waals surface area (Å²) in [6, 6.07) is 5.69. The van der Waals surface area contributed by atoms with Crippen LogP contribution in [0.2, 0.25) is 0 Å². The minimum atomic E-state index is -0.480. The number of aliphatic hydroxyl groups is 1. The van der Waals surface area contributed by atoms with Gasteiger partial charge in [-0.05, 0) is 37.3 Å². The maximum atomic E-state index is 12.3. The molecule has 1 unspecified atom stereocenters. The molecular weight excluding hydrogens is 260 g/mol. The van der Waals surface area contributed by atoms with Crippen LogP contribution in [0.15, 0.2) is 24.3 Å². The van der Waals surface area contributed by atoms with Crippen molar-refractivity contribution in [3.63, 3.8) is 0 Å². The Morgan fingerprint density at radius 3 is 2.70 bits per heavy atom. The van der Waals surface area contributed by atoms with E-state index in [1.807, 2.05) is 0 Å². The highest BCUT2D eigenvalue weighted by Gasteiger charge is 2.24. The Hall–Kier alpha value is -1.95. The van der Waals surface area contributed by atoms with Crippen LogP contribution >= 0.6 is 0 Å². The zero-order valence-electron chi connectivity index (χ0n) is 11.2. The Morgan fingerprint density at radius 1 is 1.40 bits per heavy atom. The van der Waals surface area contributed by atoms with Gasteiger partial charge in [0.05, 0.1) is 4.92 Å². The molecule has 20 heavy (non-hydrogen) atoms. The Balaban J connectivity index is 2.04. The summed E-state index contributed by atoms with van der Waals surface area (Å²) in [4.78, 5) is 24.2. The van der Waals surface area contributed by atoms with Crippen LogP contribution in [-0.2, 0) is 0 Å². The van der Waals surface area contributed by atoms with E-state index in [-0.39, 0.29) is 18.2 Å². The SMILES string of the molecule is O=C(c1ccc([N+](=O)[O-])cc1)N1CCCC(CCO)C1. The second-order valence-corrected chi connectivity index (χ2v) is 5.08. The summed E-state index contributed by atoms with van der Waals surface area (Å²) in [6.07, 6.45) is 2.68. The summed E-state index contributed by atoms with van der Waals surface area (Å²) < 4.78 is 0. The fraction of sp³-hybridized carbons (Fsp3) is 0.500. The predicted molar refractivity (Wildman–Crippen MR) is 73.4 cm³/mol. The second kappa shape index (κ2) is 6.47. The zero-order valence-corrected chi connectivity index (χ0v) is 11.2. The van der Waals surface area contributed by atoms with Gasteiger partial charge in [-0.1, -0.05) is 0 Å². The number of nitro groups is 1. The van der Waals surface area contributed by atoms with Gasteiger partial charge in [0.1, 0.15) is 0 Å². The molecule has 1 N–H and O–H groups in total. The van der Waals surface area contributed by atoms with Crippen LogP contribution in [0.3, 0.4) is 0 Å². The third-order valence-corrected chi connectivity index (χ3v) is 3.67. The van der Waals surface area contributed by atoms with Gasteiger partial charge in [0.25, 0.3) is 11.6 Å². The number of carbonyl (C=O) groups excluding carboxylic acids is 1. The summed E-state index contributed by atoms with van der Waals surface area (Å²) in [6.45, 7) is 1.50. The summed E-state index contributed by atoms with van der Waals surface area (Å²) >= 11 is 0. The van der Waals surface area contributed by atoms with Crippen LogP contribution < -0.4 is 0 Å². The Labute approximate surface area is 117 Å². The minimum Gasteiger partial charge on any atom is -0.396 e. The molecule has 1 fully saturated rings. The van der Waals surface area contributed by atoms with Gasteiger partial charge in [-0.2, -0.15) is 0 Å². The second-order valence-electron chi connectivity index (χ2n) is 5.08. The molecule has 0 saturated carbocycles. The van der Waals surface area contributed by atoms with Crippen LogP contribution in [0, 0.1) is 16.0 Å². The number of likely N-dealkylation sites (tertiary alicyclic amines) is 1. The number of carbonyl (C=O) groups is 1. The molecule has 0 aliphatic carbocycles. The van der Waals surface area contributed by atoms with E-state index in [0.29, 0.717) is 31.0 Å². The molecule has 1 aromatic rings. The lowest BCUT2D eigenvalue weighted by molar-refractivity contribution is -0.384. The Morgan fingerprint density at radius 2 is 2.10 bits per heavy atom. The van der Waals surface area contributed by atoms with E-state index in [1.165, 1.54) is 24.3 Å². The first-order valence-corrected chi connectivity index (χ1v) is 6.76. The lowest BCUT2D eigenvalue weighted by Gasteiger charge is -2.32. The van der Waals surface area contributed by atoms with E-state index in [2.05, 4.69) is 0 Å². The highest BCUT2D eigenvalue weighted by atomic mass is 16.6. The fourth-order valence-corrected chi connectivity index (χ4v) is 2.58. The van der Waals surface area contributed by atoms with Crippen molar-refractivity contribution < 1.29 is 14.8 Å². The van der Waals surface area contributed by atoms with Gasteiger partial charge in [-0.3, -0.25) is 14.9 Å². The standard InChI is InChI=1S/C14H18N2O4/c17-9-7-11-2-1-8-15(10-11)14(18)12-3-5-13(6-4-12)16(19)20/h3-6,11,17H,1-2,7-10H2. The number of nitro benzene ring substituents is 1. The molecular formula is C14H18N2O4. The first-order valence-electron chi connectivity index (χ1n) is 6.76. The number of rotatable bonds is 4. The fourth-order valence-electron chi connectivity index (χ4n) is 2.58. The molecule has 6 heteroatoms. The number of hydrogen-bond acceptors (Lipinski definition) is 4. The molecule has 0 spiro atoms. The van der Waals surface area contributed by atoms with Gasteiger partial charge in [0.15, 0.2) is 0 Å². The van der Waals surface area contributed by atoms with Crippen molar-refractivity contribution in [1.29, 1.82) is 0 Å². The van der Waals surface area contributed by atoms with Gasteiger partial charge in [0.2, 0.25) is 0 Å². The maximum Gasteiger partial charge on any atom is 0.269 e. The van der Waals surface area contributed by atoms with Gasteiger partial charge >= 0.3 is 0 Å². The molecule has 2 rings (SSSR count). The van der Waals surface area contributed by atoms with Crippen LogP contribution in [0.25, 0.3) is 0 Å². The number of benzene rings is 1. The summed E-state index contributed by atoms with van der Waals surface area (Å²) in [5.41, 5.74) is 0.457. The van der Waals surface area contributed by atoms with Gasteiger partial charge < -0.3 is 10.0 Å². The van der Waals surface area contributed by atoms with Crippen molar-refractivity contribution in [3.8, 4) is 0 Å². The average Bonchev–Trinajstić information content (AvgIpc) is 2.47. The van der Waals surface area contributed by atoms with E-state index >= 15 is 0 Å². The summed E-state index contributed by atoms with van der Waals surface area (Å²) in [7, 11) is 0. The number of aliphatic hydroxyl groups excluding tert-OH is 1. The number of hydrogen-bond donors (Lipinski definition) is 1. The van der Waals surface area contributed by atoms with E-state index in [4.69, 9.17) is 5.11 Å². The Kier molecular flexibility index (Phi) is 4.68. The molecule has 0 bridgehead atoms. The smallest absolute Gasteiger partial charge is 0.269 e. The van der Waals surface area contributed by atoms with E-state index in [1.54, 1.807) is 4.90 Å². The third kappa shape index (κ3) is 3.33. The lowest BCUT2D eigenvalue weighted by atomic mass is 9.94. The van der Waals surface area contributed by atoms with Crippen molar-refractivity contribution in [2.45, 2.75) is 19.3 Å².